The van der Waals surface area contributed by atoms with E-state index in [0.29, 0.717) is 56.7 Å². The van der Waals surface area contributed by atoms with Gasteiger partial charge in [-0.3, -0.25) is 14.9 Å². The highest BCUT2D eigenvalue weighted by molar-refractivity contribution is 7.16. The number of nitro benzene ring substituents is 1. The third kappa shape index (κ3) is 6.17. The van der Waals surface area contributed by atoms with E-state index < -0.39 is 29.4 Å². The van der Waals surface area contributed by atoms with Gasteiger partial charge in [0.2, 0.25) is 0 Å². The second-order valence-corrected chi connectivity index (χ2v) is 11.3. The number of amides is 1. The lowest BCUT2D eigenvalue weighted by atomic mass is 9.86. The molecule has 1 N–H and O–H groups in total. The van der Waals surface area contributed by atoms with E-state index >= 15 is 0 Å². The van der Waals surface area contributed by atoms with Gasteiger partial charge in [0, 0.05) is 22.4 Å². The minimum Gasteiger partial charge on any atom is -0.462 e. The van der Waals surface area contributed by atoms with Crippen LogP contribution < -0.4 is 5.32 Å². The van der Waals surface area contributed by atoms with Gasteiger partial charge >= 0.3 is 11.9 Å². The van der Waals surface area contributed by atoms with Gasteiger partial charge in [0.25, 0.3) is 11.6 Å². The van der Waals surface area contributed by atoms with Crippen molar-refractivity contribution in [1.29, 1.82) is 0 Å². The SMILES string of the molecule is CCOC(=O)c1c(NC(=O)COC(=O)c2c3c(nc4ccccc24)/C(=C/c2cccc([N+](=O)[O-])c2)CCC3)sc(C)c1C. The van der Waals surface area contributed by atoms with Crippen LogP contribution in [0.2, 0.25) is 0 Å². The number of anilines is 1. The number of esters is 2. The molecule has 0 unspecified atom stereocenters. The summed E-state index contributed by atoms with van der Waals surface area (Å²) >= 11 is 1.25. The number of rotatable bonds is 8. The predicted octanol–water partition coefficient (Wildman–Crippen LogP) is 6.67. The van der Waals surface area contributed by atoms with Crippen LogP contribution in [0.1, 0.15) is 67.7 Å². The molecule has 4 aromatic rings. The standard InChI is InChI=1S/C32H29N3O7S/c1-4-41-31(37)27-18(2)19(3)43-30(27)34-26(36)17-42-32(38)28-23-12-5-6-14-25(23)33-29-21(10-8-13-24(28)29)15-20-9-7-11-22(16-20)35(39)40/h5-7,9,11-12,14-16H,4,8,10,13,17H2,1-3H3,(H,34,36)/b21-15+. The monoisotopic (exact) mass is 599 g/mol. The largest absolute Gasteiger partial charge is 0.462 e. The summed E-state index contributed by atoms with van der Waals surface area (Å²) < 4.78 is 10.7. The second-order valence-electron chi connectivity index (χ2n) is 10.0. The van der Waals surface area contributed by atoms with Gasteiger partial charge in [0.15, 0.2) is 6.61 Å². The second kappa shape index (κ2) is 12.5. The van der Waals surface area contributed by atoms with E-state index in [4.69, 9.17) is 14.5 Å². The molecule has 1 aliphatic carbocycles. The van der Waals surface area contributed by atoms with Gasteiger partial charge in [-0.25, -0.2) is 14.6 Å². The summed E-state index contributed by atoms with van der Waals surface area (Å²) in [5.41, 5.74) is 4.80. The minimum absolute atomic E-state index is 0.0124. The number of nitro groups is 1. The third-order valence-corrected chi connectivity index (χ3v) is 8.37. The van der Waals surface area contributed by atoms with E-state index in [1.54, 1.807) is 44.2 Å². The first kappa shape index (κ1) is 29.6. The Morgan fingerprint density at radius 3 is 2.58 bits per heavy atom. The fourth-order valence-electron chi connectivity index (χ4n) is 5.17. The van der Waals surface area contributed by atoms with Crippen LogP contribution in [0.5, 0.6) is 0 Å². The summed E-state index contributed by atoms with van der Waals surface area (Å²) in [6.45, 7) is 4.98. The molecule has 0 bridgehead atoms. The topological polar surface area (TPSA) is 138 Å². The normalized spacial score (nSPS) is 13.4. The van der Waals surface area contributed by atoms with Crippen LogP contribution in [0.4, 0.5) is 10.7 Å². The Hall–Kier alpha value is -4.90. The number of ether oxygens (including phenoxy) is 2. The van der Waals surface area contributed by atoms with E-state index in [1.807, 2.05) is 19.1 Å². The number of hydrogen-bond donors (Lipinski definition) is 1. The molecule has 1 amide bonds. The third-order valence-electron chi connectivity index (χ3n) is 7.25. The molecular formula is C32H29N3O7S. The Morgan fingerprint density at radius 2 is 1.81 bits per heavy atom. The number of aromatic nitrogens is 1. The van der Waals surface area contributed by atoms with Gasteiger partial charge in [-0.15, -0.1) is 11.3 Å². The fourth-order valence-corrected chi connectivity index (χ4v) is 6.23. The molecule has 220 valence electrons. The Balaban J connectivity index is 1.43. The number of non-ortho nitro benzene ring substituents is 1. The van der Waals surface area contributed by atoms with Crippen molar-refractivity contribution < 1.29 is 28.8 Å². The first-order valence-corrected chi connectivity index (χ1v) is 14.6. The van der Waals surface area contributed by atoms with Crippen molar-refractivity contribution in [3.8, 4) is 0 Å². The highest BCUT2D eigenvalue weighted by Gasteiger charge is 2.27. The number of benzene rings is 2. The molecule has 1 aliphatic rings. The van der Waals surface area contributed by atoms with Crippen molar-refractivity contribution in [3.63, 3.8) is 0 Å². The van der Waals surface area contributed by atoms with Crippen molar-refractivity contribution in [2.24, 2.45) is 0 Å². The predicted molar refractivity (Wildman–Crippen MR) is 164 cm³/mol. The van der Waals surface area contributed by atoms with Crippen molar-refractivity contribution in [1.82, 2.24) is 4.98 Å². The van der Waals surface area contributed by atoms with Crippen LogP contribution in [-0.4, -0.2) is 41.0 Å². The molecule has 0 radical (unpaired) electrons. The lowest BCUT2D eigenvalue weighted by molar-refractivity contribution is -0.384. The number of allylic oxidation sites excluding steroid dienone is 1. The van der Waals surface area contributed by atoms with Gasteiger partial charge in [0.1, 0.15) is 5.00 Å². The Labute approximate surface area is 251 Å². The van der Waals surface area contributed by atoms with Gasteiger partial charge < -0.3 is 14.8 Å². The molecule has 2 aromatic carbocycles. The average molecular weight is 600 g/mol. The van der Waals surface area contributed by atoms with Gasteiger partial charge in [-0.05, 0) is 74.4 Å². The average Bonchev–Trinajstić information content (AvgIpc) is 3.27. The minimum atomic E-state index is -0.661. The Kier molecular flexibility index (Phi) is 8.63. The maximum absolute atomic E-state index is 13.6. The molecule has 0 saturated carbocycles. The number of aryl methyl sites for hydroxylation is 1. The highest BCUT2D eigenvalue weighted by atomic mass is 32.1. The number of para-hydroxylation sites is 1. The zero-order chi connectivity index (χ0) is 30.7. The Bertz CT molecular complexity index is 1810. The molecule has 2 heterocycles. The van der Waals surface area contributed by atoms with Crippen LogP contribution in [0.3, 0.4) is 0 Å². The quantitative estimate of drug-likeness (QED) is 0.135. The number of nitrogens with one attached hydrogen (secondary N) is 1. The molecule has 0 saturated heterocycles. The van der Waals surface area contributed by atoms with Crippen LogP contribution in [0.15, 0.2) is 48.5 Å². The molecule has 0 aliphatic heterocycles. The van der Waals surface area contributed by atoms with Gasteiger partial charge in [0.05, 0.1) is 33.9 Å². The van der Waals surface area contributed by atoms with Crippen LogP contribution in [-0.2, 0) is 20.7 Å². The molecular weight excluding hydrogens is 570 g/mol. The number of hydrogen-bond acceptors (Lipinski definition) is 9. The lowest BCUT2D eigenvalue weighted by Crippen LogP contribution is -2.23. The first-order valence-electron chi connectivity index (χ1n) is 13.8. The summed E-state index contributed by atoms with van der Waals surface area (Å²) in [6, 6.07) is 13.6. The molecule has 10 nitrogen and oxygen atoms in total. The van der Waals surface area contributed by atoms with E-state index in [0.717, 1.165) is 22.4 Å². The molecule has 5 rings (SSSR count). The summed E-state index contributed by atoms with van der Waals surface area (Å²) in [4.78, 5) is 55.5. The summed E-state index contributed by atoms with van der Waals surface area (Å²) in [5.74, 6) is -1.77. The van der Waals surface area contributed by atoms with Crippen molar-refractivity contribution in [2.45, 2.75) is 40.0 Å². The number of nitrogens with zero attached hydrogens (tertiary/aromatic N) is 2. The molecule has 2 aromatic heterocycles. The summed E-state index contributed by atoms with van der Waals surface area (Å²) in [6.07, 6.45) is 3.86. The molecule has 0 fully saturated rings. The van der Waals surface area contributed by atoms with Crippen molar-refractivity contribution in [3.05, 3.63) is 97.0 Å². The van der Waals surface area contributed by atoms with Crippen LogP contribution >= 0.6 is 11.3 Å². The number of fused-ring (bicyclic) bond motifs is 2. The van der Waals surface area contributed by atoms with Gasteiger partial charge in [-0.1, -0.05) is 30.3 Å². The molecule has 43 heavy (non-hydrogen) atoms. The zero-order valence-corrected chi connectivity index (χ0v) is 24.7. The number of carbonyl (C=O) groups excluding carboxylic acids is 3. The number of carbonyl (C=O) groups is 3. The highest BCUT2D eigenvalue weighted by Crippen LogP contribution is 2.37. The van der Waals surface area contributed by atoms with E-state index in [1.165, 1.54) is 23.5 Å². The molecule has 0 spiro atoms. The van der Waals surface area contributed by atoms with E-state index in [2.05, 4.69) is 5.32 Å². The molecule has 0 atom stereocenters. The van der Waals surface area contributed by atoms with Gasteiger partial charge in [-0.2, -0.15) is 0 Å². The number of thiophene rings is 1. The lowest BCUT2D eigenvalue weighted by Gasteiger charge is -2.22. The fraction of sp³-hybridized carbons (Fsp3) is 0.250. The Morgan fingerprint density at radius 1 is 1.05 bits per heavy atom. The maximum Gasteiger partial charge on any atom is 0.341 e. The summed E-state index contributed by atoms with van der Waals surface area (Å²) in [5, 5.41) is 14.9. The molecule has 11 heteroatoms. The maximum atomic E-state index is 13.6. The van der Waals surface area contributed by atoms with Crippen molar-refractivity contribution >= 4 is 62.4 Å². The van der Waals surface area contributed by atoms with E-state index in [-0.39, 0.29) is 12.3 Å². The van der Waals surface area contributed by atoms with Crippen LogP contribution in [0.25, 0.3) is 22.6 Å². The zero-order valence-electron chi connectivity index (χ0n) is 23.9. The number of pyridine rings is 1. The van der Waals surface area contributed by atoms with Crippen LogP contribution in [0, 0.1) is 24.0 Å². The van der Waals surface area contributed by atoms with E-state index in [9.17, 15) is 24.5 Å². The smallest absolute Gasteiger partial charge is 0.341 e. The first-order chi connectivity index (χ1) is 20.7. The summed E-state index contributed by atoms with van der Waals surface area (Å²) in [7, 11) is 0. The van der Waals surface area contributed by atoms with Crippen molar-refractivity contribution in [2.75, 3.05) is 18.5 Å².